The van der Waals surface area contributed by atoms with Crippen molar-refractivity contribution in [3.05, 3.63) is 12.2 Å². The molecule has 12 heavy (non-hydrogen) atoms. The Labute approximate surface area is 72.5 Å². The number of ether oxygens (including phenoxy) is 2. The van der Waals surface area contributed by atoms with Gasteiger partial charge in [-0.1, -0.05) is 12.2 Å². The highest BCUT2D eigenvalue weighted by Gasteiger charge is 2.46. The monoisotopic (exact) mass is 166 g/mol. The number of hydrogen-bond acceptors (Lipinski definition) is 2. The summed E-state index contributed by atoms with van der Waals surface area (Å²) in [5.41, 5.74) is 1.40. The number of rotatable bonds is 0. The normalized spacial score (nSPS) is 51.2. The zero-order chi connectivity index (χ0) is 8.13. The van der Waals surface area contributed by atoms with Crippen LogP contribution < -0.4 is 0 Å². The topological polar surface area (TPSA) is 18.5 Å². The average Bonchev–Trinajstić information content (AvgIpc) is 2.48. The molecule has 3 aliphatic rings. The molecule has 4 atom stereocenters. The van der Waals surface area contributed by atoms with Gasteiger partial charge in [-0.25, -0.2) is 0 Å². The molecule has 0 aromatic rings. The van der Waals surface area contributed by atoms with Crippen LogP contribution in [0.2, 0.25) is 0 Å². The predicted octanol–water partition coefficient (Wildman–Crippen LogP) is 1.57. The molecule has 3 fully saturated rings. The molecule has 66 valence electrons. The highest BCUT2D eigenvalue weighted by atomic mass is 16.7. The first-order valence-corrected chi connectivity index (χ1v) is 4.75. The van der Waals surface area contributed by atoms with Crippen LogP contribution in [0.15, 0.2) is 12.2 Å². The van der Waals surface area contributed by atoms with E-state index in [2.05, 4.69) is 6.58 Å². The van der Waals surface area contributed by atoms with Crippen molar-refractivity contribution in [1.29, 1.82) is 0 Å². The molecule has 0 amide bonds. The minimum Gasteiger partial charge on any atom is -0.352 e. The van der Waals surface area contributed by atoms with E-state index in [4.69, 9.17) is 9.47 Å². The quantitative estimate of drug-likeness (QED) is 0.508. The van der Waals surface area contributed by atoms with Gasteiger partial charge in [0.25, 0.3) is 0 Å². The minimum absolute atomic E-state index is 0.100. The molecule has 2 bridgehead atoms. The average molecular weight is 166 g/mol. The lowest BCUT2D eigenvalue weighted by Crippen LogP contribution is -2.38. The second kappa shape index (κ2) is 2.33. The van der Waals surface area contributed by atoms with E-state index in [0.29, 0.717) is 11.8 Å². The third-order valence-electron chi connectivity index (χ3n) is 3.48. The lowest BCUT2D eigenvalue weighted by atomic mass is 9.72. The largest absolute Gasteiger partial charge is 0.352 e. The SMILES string of the molecule is C=C1CC2COC3OCC1C3C2. The van der Waals surface area contributed by atoms with Crippen molar-refractivity contribution in [2.24, 2.45) is 17.8 Å². The van der Waals surface area contributed by atoms with E-state index in [1.54, 1.807) is 0 Å². The van der Waals surface area contributed by atoms with Crippen LogP contribution in [0.4, 0.5) is 0 Å². The van der Waals surface area contributed by atoms with E-state index in [9.17, 15) is 0 Å². The van der Waals surface area contributed by atoms with Crippen molar-refractivity contribution in [2.75, 3.05) is 13.2 Å². The molecule has 0 radical (unpaired) electrons. The van der Waals surface area contributed by atoms with Crippen LogP contribution in [0.3, 0.4) is 0 Å². The highest BCUT2D eigenvalue weighted by molar-refractivity contribution is 5.12. The van der Waals surface area contributed by atoms with Gasteiger partial charge in [-0.05, 0) is 18.8 Å². The maximum Gasteiger partial charge on any atom is 0.161 e. The van der Waals surface area contributed by atoms with Gasteiger partial charge in [-0.3, -0.25) is 0 Å². The van der Waals surface area contributed by atoms with Crippen LogP contribution in [0.5, 0.6) is 0 Å². The molecule has 4 unspecified atom stereocenters. The molecule has 3 rings (SSSR count). The van der Waals surface area contributed by atoms with Crippen LogP contribution in [0, 0.1) is 17.8 Å². The van der Waals surface area contributed by atoms with Crippen molar-refractivity contribution < 1.29 is 9.47 Å². The Hall–Kier alpha value is -0.340. The zero-order valence-electron chi connectivity index (χ0n) is 7.16. The Balaban J connectivity index is 1.93. The molecular weight excluding hydrogens is 152 g/mol. The van der Waals surface area contributed by atoms with Gasteiger partial charge < -0.3 is 9.47 Å². The zero-order valence-corrected chi connectivity index (χ0v) is 7.16. The molecule has 2 saturated heterocycles. The van der Waals surface area contributed by atoms with E-state index in [1.807, 2.05) is 0 Å². The standard InChI is InChI=1S/C10H14O2/c1-6-2-7-3-8-9(6)5-12-10(8)11-4-7/h7-10H,1-5H2. The lowest BCUT2D eigenvalue weighted by molar-refractivity contribution is -0.169. The van der Waals surface area contributed by atoms with Gasteiger partial charge in [0.15, 0.2) is 6.29 Å². The van der Waals surface area contributed by atoms with Crippen molar-refractivity contribution in [1.82, 2.24) is 0 Å². The molecular formula is C10H14O2. The van der Waals surface area contributed by atoms with Crippen molar-refractivity contribution >= 4 is 0 Å². The van der Waals surface area contributed by atoms with Gasteiger partial charge in [-0.15, -0.1) is 0 Å². The van der Waals surface area contributed by atoms with Gasteiger partial charge in [0.1, 0.15) is 0 Å². The van der Waals surface area contributed by atoms with E-state index in [1.165, 1.54) is 12.0 Å². The summed E-state index contributed by atoms with van der Waals surface area (Å²) in [6, 6.07) is 0. The summed E-state index contributed by atoms with van der Waals surface area (Å²) >= 11 is 0. The first-order valence-electron chi connectivity index (χ1n) is 4.75. The molecule has 0 aromatic carbocycles. The Morgan fingerprint density at radius 3 is 3.00 bits per heavy atom. The smallest absolute Gasteiger partial charge is 0.161 e. The summed E-state index contributed by atoms with van der Waals surface area (Å²) in [6.07, 6.45) is 2.56. The molecule has 1 aliphatic carbocycles. The highest BCUT2D eigenvalue weighted by Crippen LogP contribution is 2.47. The summed E-state index contributed by atoms with van der Waals surface area (Å²) in [7, 11) is 0. The second-order valence-corrected chi connectivity index (χ2v) is 4.27. The Bertz CT molecular complexity index is 224. The van der Waals surface area contributed by atoms with Gasteiger partial charge >= 0.3 is 0 Å². The Kier molecular flexibility index (Phi) is 1.38. The molecule has 1 saturated carbocycles. The third kappa shape index (κ3) is 0.824. The van der Waals surface area contributed by atoms with Crippen molar-refractivity contribution in [2.45, 2.75) is 19.1 Å². The van der Waals surface area contributed by atoms with E-state index in [-0.39, 0.29) is 6.29 Å². The van der Waals surface area contributed by atoms with Gasteiger partial charge in [-0.2, -0.15) is 0 Å². The van der Waals surface area contributed by atoms with Crippen molar-refractivity contribution in [3.63, 3.8) is 0 Å². The van der Waals surface area contributed by atoms with Crippen LogP contribution in [-0.4, -0.2) is 19.5 Å². The number of fused-ring (bicyclic) bond motifs is 1. The summed E-state index contributed by atoms with van der Waals surface area (Å²) in [6.45, 7) is 5.87. The van der Waals surface area contributed by atoms with Crippen LogP contribution in [0.25, 0.3) is 0 Å². The van der Waals surface area contributed by atoms with Crippen LogP contribution in [0.1, 0.15) is 12.8 Å². The molecule has 2 nitrogen and oxygen atoms in total. The number of hydrogen-bond donors (Lipinski definition) is 0. The second-order valence-electron chi connectivity index (χ2n) is 4.27. The fourth-order valence-electron chi connectivity index (χ4n) is 2.85. The maximum atomic E-state index is 5.62. The van der Waals surface area contributed by atoms with Gasteiger partial charge in [0.2, 0.25) is 0 Å². The summed E-state index contributed by atoms with van der Waals surface area (Å²) in [4.78, 5) is 0. The fraction of sp³-hybridized carbons (Fsp3) is 0.800. The van der Waals surface area contributed by atoms with Gasteiger partial charge in [0, 0.05) is 11.8 Å². The molecule has 2 heteroatoms. The Morgan fingerprint density at radius 1 is 1.25 bits per heavy atom. The predicted molar refractivity (Wildman–Crippen MR) is 44.5 cm³/mol. The van der Waals surface area contributed by atoms with E-state index < -0.39 is 0 Å². The summed E-state index contributed by atoms with van der Waals surface area (Å²) < 4.78 is 11.2. The first-order chi connectivity index (χ1) is 5.84. The third-order valence-corrected chi connectivity index (χ3v) is 3.48. The van der Waals surface area contributed by atoms with Crippen LogP contribution >= 0.6 is 0 Å². The molecule has 0 spiro atoms. The summed E-state index contributed by atoms with van der Waals surface area (Å²) in [5.74, 6) is 1.97. The molecule has 0 aromatic heterocycles. The molecule has 2 aliphatic heterocycles. The van der Waals surface area contributed by atoms with E-state index >= 15 is 0 Å². The minimum atomic E-state index is 0.100. The Morgan fingerprint density at radius 2 is 2.08 bits per heavy atom. The fourth-order valence-corrected chi connectivity index (χ4v) is 2.85. The van der Waals surface area contributed by atoms with Crippen LogP contribution in [-0.2, 0) is 9.47 Å². The van der Waals surface area contributed by atoms with E-state index in [0.717, 1.165) is 25.6 Å². The molecule has 0 N–H and O–H groups in total. The maximum absolute atomic E-state index is 5.62. The molecule has 2 heterocycles. The summed E-state index contributed by atoms with van der Waals surface area (Å²) in [5, 5.41) is 0. The lowest BCUT2D eigenvalue weighted by Gasteiger charge is -2.38. The first kappa shape index (κ1) is 7.10. The van der Waals surface area contributed by atoms with Gasteiger partial charge in [0.05, 0.1) is 13.2 Å². The van der Waals surface area contributed by atoms with Crippen molar-refractivity contribution in [3.8, 4) is 0 Å².